The molecule has 0 nitrogen and oxygen atoms in total. The average Bonchev–Trinajstić information content (AvgIpc) is 2.48. The first kappa shape index (κ1) is 21.2. The Morgan fingerprint density at radius 1 is 0.773 bits per heavy atom. The molecule has 0 aromatic heterocycles. The van der Waals surface area contributed by atoms with Gasteiger partial charge in [-0.1, -0.05) is 31.9 Å². The van der Waals surface area contributed by atoms with E-state index in [2.05, 4.69) is 95.6 Å². The van der Waals surface area contributed by atoms with Gasteiger partial charge in [-0.05, 0) is 100.0 Å². The van der Waals surface area contributed by atoms with E-state index in [1.54, 1.807) is 12.1 Å². The van der Waals surface area contributed by atoms with E-state index in [9.17, 15) is 8.78 Å². The van der Waals surface area contributed by atoms with Crippen LogP contribution in [0.5, 0.6) is 0 Å². The van der Waals surface area contributed by atoms with E-state index < -0.39 is 6.67 Å². The molecule has 0 aliphatic rings. The van der Waals surface area contributed by atoms with E-state index in [-0.39, 0.29) is 5.82 Å². The molecule has 0 fully saturated rings. The number of halogens is 8. The molecule has 0 saturated heterocycles. The maximum atomic E-state index is 13.3. The maximum Gasteiger partial charge on any atom is 0.153 e. The van der Waals surface area contributed by atoms with E-state index in [0.29, 0.717) is 14.5 Å². The van der Waals surface area contributed by atoms with Crippen LogP contribution in [-0.4, -0.2) is 0 Å². The number of rotatable bonds is 1. The van der Waals surface area contributed by atoms with Crippen LogP contribution >= 0.6 is 95.6 Å². The molecule has 120 valence electrons. The predicted molar refractivity (Wildman–Crippen MR) is 109 cm³/mol. The van der Waals surface area contributed by atoms with E-state index in [1.165, 1.54) is 0 Å². The molecule has 8 heteroatoms. The maximum absolute atomic E-state index is 13.3. The van der Waals surface area contributed by atoms with Crippen LogP contribution in [0.3, 0.4) is 0 Å². The van der Waals surface area contributed by atoms with E-state index in [1.807, 2.05) is 13.0 Å². The molecule has 0 bridgehead atoms. The first-order valence-corrected chi connectivity index (χ1v) is 10.4. The molecule has 0 atom stereocenters. The third kappa shape index (κ3) is 5.62. The Kier molecular flexibility index (Phi) is 9.27. The van der Waals surface area contributed by atoms with Crippen LogP contribution in [0.15, 0.2) is 45.0 Å². The van der Waals surface area contributed by atoms with Gasteiger partial charge in [0.05, 0.1) is 8.95 Å². The molecule has 0 aliphatic carbocycles. The molecular formula is C14H8Br6F2. The van der Waals surface area contributed by atoms with Crippen molar-refractivity contribution in [1.29, 1.82) is 0 Å². The minimum Gasteiger partial charge on any atom is -0.246 e. The molecule has 0 radical (unpaired) electrons. The summed E-state index contributed by atoms with van der Waals surface area (Å²) in [7, 11) is 0. The van der Waals surface area contributed by atoms with Crippen molar-refractivity contribution in [3.63, 3.8) is 0 Å². The third-order valence-corrected chi connectivity index (χ3v) is 7.96. The summed E-state index contributed by atoms with van der Waals surface area (Å²) >= 11 is 19.4. The van der Waals surface area contributed by atoms with Crippen LogP contribution in [0, 0.1) is 12.7 Å². The lowest BCUT2D eigenvalue weighted by molar-refractivity contribution is 0.485. The quantitative estimate of drug-likeness (QED) is 0.207. The molecule has 0 heterocycles. The molecule has 0 N–H and O–H groups in total. The topological polar surface area (TPSA) is 0 Å². The number of alkyl halides is 1. The lowest BCUT2D eigenvalue weighted by atomic mass is 10.2. The zero-order chi connectivity index (χ0) is 17.0. The summed E-state index contributed by atoms with van der Waals surface area (Å²) in [6.07, 6.45) is 0. The normalized spacial score (nSPS) is 10.2. The van der Waals surface area contributed by atoms with Crippen LogP contribution in [0.25, 0.3) is 0 Å². The standard InChI is InChI=1S/C7H3Br4F.C7H5Br2F/c1-2-3(8)5(10)7(12)6(11)4(2)9;8-6-1-5(4-10)2-7(9)3-6/h1H3;1-3H,4H2. The lowest BCUT2D eigenvalue weighted by Gasteiger charge is -2.07. The fourth-order valence-corrected chi connectivity index (χ4v) is 5.06. The lowest BCUT2D eigenvalue weighted by Crippen LogP contribution is -1.88. The summed E-state index contributed by atoms with van der Waals surface area (Å²) in [5.41, 5.74) is 1.64. The Bertz CT molecular complexity index is 562. The van der Waals surface area contributed by atoms with Crippen LogP contribution in [0.2, 0.25) is 0 Å². The molecule has 2 aromatic rings. The summed E-state index contributed by atoms with van der Waals surface area (Å²) in [5, 5.41) is 0. The summed E-state index contributed by atoms with van der Waals surface area (Å²) in [5.74, 6) is -0.306. The van der Waals surface area contributed by atoms with Gasteiger partial charge in [-0.15, -0.1) is 0 Å². The van der Waals surface area contributed by atoms with Crippen molar-refractivity contribution in [2.45, 2.75) is 13.6 Å². The summed E-state index contributed by atoms with van der Waals surface area (Å²) in [4.78, 5) is 0. The van der Waals surface area contributed by atoms with E-state index in [4.69, 9.17) is 0 Å². The largest absolute Gasteiger partial charge is 0.246 e. The minimum atomic E-state index is -0.419. The molecule has 0 aliphatic heterocycles. The Balaban J connectivity index is 0.000000224. The predicted octanol–water partition coefficient (Wildman–Crippen LogP) is 8.87. The molecule has 0 spiro atoms. The molecule has 0 unspecified atom stereocenters. The molecular weight excluding hydrogens is 686 g/mol. The van der Waals surface area contributed by atoms with Crippen molar-refractivity contribution in [1.82, 2.24) is 0 Å². The molecule has 22 heavy (non-hydrogen) atoms. The zero-order valence-corrected chi connectivity index (χ0v) is 20.5. The number of benzene rings is 2. The third-order valence-electron chi connectivity index (χ3n) is 2.51. The second-order valence-electron chi connectivity index (χ2n) is 4.11. The molecule has 2 aromatic carbocycles. The van der Waals surface area contributed by atoms with Gasteiger partial charge in [0, 0.05) is 17.9 Å². The highest BCUT2D eigenvalue weighted by Gasteiger charge is 2.15. The average molecular weight is 694 g/mol. The Morgan fingerprint density at radius 3 is 1.55 bits per heavy atom. The summed E-state index contributed by atoms with van der Waals surface area (Å²) < 4.78 is 29.5. The Morgan fingerprint density at radius 2 is 1.18 bits per heavy atom. The van der Waals surface area contributed by atoms with E-state index in [0.717, 1.165) is 23.5 Å². The van der Waals surface area contributed by atoms with Gasteiger partial charge >= 0.3 is 0 Å². The van der Waals surface area contributed by atoms with Crippen molar-refractivity contribution < 1.29 is 8.78 Å². The fraction of sp³-hybridized carbons (Fsp3) is 0.143. The highest BCUT2D eigenvalue weighted by Crippen LogP contribution is 2.39. The van der Waals surface area contributed by atoms with Crippen LogP contribution in [-0.2, 0) is 6.67 Å². The van der Waals surface area contributed by atoms with Crippen LogP contribution < -0.4 is 0 Å². The zero-order valence-electron chi connectivity index (χ0n) is 11.0. The van der Waals surface area contributed by atoms with Crippen molar-refractivity contribution in [3.8, 4) is 0 Å². The Hall–Kier alpha value is 1.18. The number of hydrogen-bond acceptors (Lipinski definition) is 0. The van der Waals surface area contributed by atoms with Gasteiger partial charge < -0.3 is 0 Å². The second-order valence-corrected chi connectivity index (χ2v) is 9.11. The van der Waals surface area contributed by atoms with Crippen molar-refractivity contribution in [2.75, 3.05) is 0 Å². The second kappa shape index (κ2) is 9.61. The molecule has 0 saturated carbocycles. The van der Waals surface area contributed by atoms with Crippen LogP contribution in [0.4, 0.5) is 8.78 Å². The molecule has 0 amide bonds. The highest BCUT2D eigenvalue weighted by atomic mass is 79.9. The van der Waals surface area contributed by atoms with Gasteiger partial charge in [0.25, 0.3) is 0 Å². The van der Waals surface area contributed by atoms with Crippen molar-refractivity contribution in [2.24, 2.45) is 0 Å². The first-order chi connectivity index (χ1) is 10.2. The van der Waals surface area contributed by atoms with Gasteiger partial charge in [0.15, 0.2) is 5.82 Å². The van der Waals surface area contributed by atoms with Gasteiger partial charge in [0.1, 0.15) is 6.67 Å². The van der Waals surface area contributed by atoms with Crippen molar-refractivity contribution in [3.05, 3.63) is 62.0 Å². The highest BCUT2D eigenvalue weighted by molar-refractivity contribution is 9.14. The number of hydrogen-bond donors (Lipinski definition) is 0. The van der Waals surface area contributed by atoms with Gasteiger partial charge in [0.2, 0.25) is 0 Å². The minimum absolute atomic E-state index is 0.306. The van der Waals surface area contributed by atoms with Crippen LogP contribution in [0.1, 0.15) is 11.1 Å². The molecule has 2 rings (SSSR count). The smallest absolute Gasteiger partial charge is 0.153 e. The van der Waals surface area contributed by atoms with Gasteiger partial charge in [-0.2, -0.15) is 0 Å². The van der Waals surface area contributed by atoms with Gasteiger partial charge in [-0.25, -0.2) is 8.78 Å². The van der Waals surface area contributed by atoms with Gasteiger partial charge in [-0.3, -0.25) is 0 Å². The summed E-state index contributed by atoms with van der Waals surface area (Å²) in [6, 6.07) is 5.38. The summed E-state index contributed by atoms with van der Waals surface area (Å²) in [6.45, 7) is 1.47. The fourth-order valence-electron chi connectivity index (χ4n) is 1.40. The SMILES string of the molecule is Cc1c(Br)c(Br)c(F)c(Br)c1Br.FCc1cc(Br)cc(Br)c1. The first-order valence-electron chi connectivity index (χ1n) is 5.68. The van der Waals surface area contributed by atoms with E-state index >= 15 is 0 Å². The van der Waals surface area contributed by atoms with Crippen molar-refractivity contribution >= 4 is 95.6 Å². The monoisotopic (exact) mass is 688 g/mol. The Labute approximate surface area is 178 Å².